The fraction of sp³-hybridized carbons (Fsp3) is 0.0816. The summed E-state index contributed by atoms with van der Waals surface area (Å²) in [6.07, 6.45) is 6.77. The predicted molar refractivity (Wildman–Crippen MR) is 225 cm³/mol. The van der Waals surface area contributed by atoms with E-state index in [1.165, 1.54) is 66.1 Å². The third-order valence-corrected chi connectivity index (χ3v) is 12.5. The molecule has 52 heavy (non-hydrogen) atoms. The van der Waals surface area contributed by atoms with Crippen LogP contribution in [0.5, 0.6) is 0 Å². The molecule has 0 aromatic heterocycles. The van der Waals surface area contributed by atoms with Crippen LogP contribution >= 0.6 is 19.7 Å². The molecule has 0 N–H and O–H groups in total. The molecule has 0 atom stereocenters. The molecule has 1 saturated carbocycles. The number of benzene rings is 6. The molecule has 8 rings (SSSR count). The van der Waals surface area contributed by atoms with E-state index in [4.69, 9.17) is 0 Å². The van der Waals surface area contributed by atoms with E-state index in [1.54, 1.807) is 0 Å². The Bertz CT molecular complexity index is 1810. The summed E-state index contributed by atoms with van der Waals surface area (Å²) in [5.74, 6) is 0. The number of hydrogen-bond donors (Lipinski definition) is 0. The number of allylic oxidation sites excluding steroid dienone is 4. The first-order valence-corrected chi connectivity index (χ1v) is 19.7. The van der Waals surface area contributed by atoms with Crippen LogP contribution in [-0.4, -0.2) is 4.75 Å². The molecule has 0 aliphatic heterocycles. The van der Waals surface area contributed by atoms with E-state index < -0.39 is 7.92 Å². The van der Waals surface area contributed by atoms with Crippen LogP contribution in [0.1, 0.15) is 43.0 Å². The summed E-state index contributed by atoms with van der Waals surface area (Å²) in [6.45, 7) is 6.84. The van der Waals surface area contributed by atoms with Crippen LogP contribution in [0, 0.1) is 30.2 Å². The van der Waals surface area contributed by atoms with Crippen molar-refractivity contribution in [2.45, 2.75) is 25.5 Å². The molecule has 6 aromatic carbocycles. The summed E-state index contributed by atoms with van der Waals surface area (Å²) >= 11 is 1.97. The predicted octanol–water partition coefficient (Wildman–Crippen LogP) is 12.6. The third kappa shape index (κ3) is 8.82. The molecule has 6 radical (unpaired) electrons. The second-order valence-corrected chi connectivity index (χ2v) is 17.5. The Morgan fingerprint density at radius 1 is 0.385 bits per heavy atom. The van der Waals surface area contributed by atoms with Crippen LogP contribution in [0.25, 0.3) is 22.3 Å². The van der Waals surface area contributed by atoms with Crippen molar-refractivity contribution >= 4 is 52.6 Å². The Balaban J connectivity index is 0.000000179. The van der Waals surface area contributed by atoms with Crippen LogP contribution < -0.4 is 10.6 Å². The molecule has 0 bridgehead atoms. The van der Waals surface area contributed by atoms with Crippen LogP contribution in [0.2, 0.25) is 0 Å². The molecule has 0 amide bonds. The van der Waals surface area contributed by atoms with Crippen molar-refractivity contribution in [1.82, 2.24) is 0 Å². The first-order valence-electron chi connectivity index (χ1n) is 17.5. The van der Waals surface area contributed by atoms with Crippen LogP contribution in [0.4, 0.5) is 0 Å². The normalized spacial score (nSPS) is 14.8. The molecule has 0 unspecified atom stereocenters. The Labute approximate surface area is 327 Å². The number of hydrogen-bond acceptors (Lipinski definition) is 1. The van der Waals surface area contributed by atoms with Crippen molar-refractivity contribution < 1.29 is 16.8 Å². The molecule has 0 heterocycles. The fourth-order valence-electron chi connectivity index (χ4n) is 6.59. The van der Waals surface area contributed by atoms with Gasteiger partial charge in [-0.05, 0) is 82.3 Å². The first-order chi connectivity index (χ1) is 25.0. The van der Waals surface area contributed by atoms with E-state index >= 15 is 0 Å². The van der Waals surface area contributed by atoms with Gasteiger partial charge < -0.3 is 0 Å². The molecule has 2 aliphatic carbocycles. The van der Waals surface area contributed by atoms with E-state index in [-0.39, 0.29) is 21.5 Å². The van der Waals surface area contributed by atoms with Gasteiger partial charge in [0.15, 0.2) is 0 Å². The van der Waals surface area contributed by atoms with Gasteiger partial charge in [-0.2, -0.15) is 0 Å². The average molecular weight is 753 g/mol. The summed E-state index contributed by atoms with van der Waals surface area (Å²) in [5, 5.41) is 4.24. The van der Waals surface area contributed by atoms with Crippen molar-refractivity contribution in [3.63, 3.8) is 0 Å². The molecule has 3 heteroatoms. The molecular weight excluding hydrogens is 711 g/mol. The second kappa shape index (κ2) is 17.7. The zero-order chi connectivity index (χ0) is 35.0. The largest absolute Gasteiger partial charge is 0.146 e. The number of rotatable bonds is 8. The smallest absolute Gasteiger partial charge is 0.0472 e. The summed E-state index contributed by atoms with van der Waals surface area (Å²) in [6, 6.07) is 64.8. The summed E-state index contributed by atoms with van der Waals surface area (Å²) < 4.78 is 0.220. The molecule has 0 spiro atoms. The molecule has 0 saturated heterocycles. The van der Waals surface area contributed by atoms with Crippen LogP contribution in [0.3, 0.4) is 0 Å². The van der Waals surface area contributed by atoms with Gasteiger partial charge in [-0.3, -0.25) is 0 Å². The van der Waals surface area contributed by atoms with Crippen molar-refractivity contribution in [3.8, 4) is 0 Å². The van der Waals surface area contributed by atoms with Crippen molar-refractivity contribution in [1.29, 1.82) is 0 Å². The van der Waals surface area contributed by atoms with Gasteiger partial charge in [0.2, 0.25) is 0 Å². The van der Waals surface area contributed by atoms with Gasteiger partial charge in [0.25, 0.3) is 0 Å². The quantitative estimate of drug-likeness (QED) is 0.140. The number of thioether (sulfide) groups is 1. The van der Waals surface area contributed by atoms with Gasteiger partial charge in [0.05, 0.1) is 0 Å². The van der Waals surface area contributed by atoms with E-state index in [0.717, 1.165) is 0 Å². The van der Waals surface area contributed by atoms with Crippen molar-refractivity contribution in [2.24, 2.45) is 0 Å². The maximum atomic E-state index is 2.31. The van der Waals surface area contributed by atoms with Gasteiger partial charge in [-0.1, -0.05) is 203 Å². The maximum Gasteiger partial charge on any atom is 0.0472 e. The molecule has 2 aliphatic rings. The molecular formula is C49H42CoPS. The summed E-state index contributed by atoms with van der Waals surface area (Å²) in [7, 11) is -0.504. The molecule has 258 valence electrons. The van der Waals surface area contributed by atoms with E-state index in [9.17, 15) is 0 Å². The second-order valence-electron chi connectivity index (χ2n) is 13.5. The molecule has 0 nitrogen and oxygen atoms in total. The van der Waals surface area contributed by atoms with Gasteiger partial charge in [0.1, 0.15) is 0 Å². The zero-order valence-corrected chi connectivity index (χ0v) is 32.5. The van der Waals surface area contributed by atoms with Crippen molar-refractivity contribution in [3.05, 3.63) is 234 Å². The van der Waals surface area contributed by atoms with Crippen molar-refractivity contribution in [2.75, 3.05) is 0 Å². The Morgan fingerprint density at radius 3 is 0.962 bits per heavy atom. The van der Waals surface area contributed by atoms with Crippen LogP contribution in [-0.2, 0) is 16.8 Å². The SMILES string of the molecule is CC(C)(C)S[C]1[CH][CH][CH][C]1P(c1ccccc1)c1ccccc1.[Co].c1ccc(C2=C(c3ccccc3)C(c3ccccc3)=C2c2ccccc2)cc1. The Hall–Kier alpha value is -3.91. The van der Waals surface area contributed by atoms with Gasteiger partial charge in [-0.15, -0.1) is 11.8 Å². The minimum Gasteiger partial charge on any atom is -0.146 e. The minimum absolute atomic E-state index is 0. The summed E-state index contributed by atoms with van der Waals surface area (Å²) in [4.78, 5) is 0. The minimum atomic E-state index is -0.504. The fourth-order valence-corrected chi connectivity index (χ4v) is 10.3. The van der Waals surface area contributed by atoms with E-state index in [0.29, 0.717) is 0 Å². The average Bonchev–Trinajstić information content (AvgIpc) is 3.60. The van der Waals surface area contributed by atoms with Crippen LogP contribution in [0.15, 0.2) is 182 Å². The Kier molecular flexibility index (Phi) is 12.9. The zero-order valence-electron chi connectivity index (χ0n) is 29.7. The topological polar surface area (TPSA) is 0 Å². The first kappa shape index (κ1) is 37.8. The van der Waals surface area contributed by atoms with E-state index in [2.05, 4.69) is 222 Å². The third-order valence-electron chi connectivity index (χ3n) is 8.69. The Morgan fingerprint density at radius 2 is 0.673 bits per heavy atom. The van der Waals surface area contributed by atoms with Gasteiger partial charge in [0, 0.05) is 32.4 Å². The van der Waals surface area contributed by atoms with Gasteiger partial charge in [-0.25, -0.2) is 0 Å². The maximum absolute atomic E-state index is 2.31. The van der Waals surface area contributed by atoms with E-state index in [1.807, 2.05) is 11.8 Å². The monoisotopic (exact) mass is 752 g/mol. The van der Waals surface area contributed by atoms with Gasteiger partial charge >= 0.3 is 0 Å². The standard InChI is InChI=1S/C28H20.C21H22PS.Co/c1-5-13-21(14-6-1)25-26(22-15-7-2-8-16-22)28(24-19-11-4-12-20-24)27(25)23-17-9-3-10-18-23;1-21(2,3)23-20-16-10-15-19(20)22(17-11-6-4-7-12-17)18-13-8-5-9-14-18;/h1-20H;4-16H,1-3H3;. The summed E-state index contributed by atoms with van der Waals surface area (Å²) in [5.41, 5.74) is 11.8. The molecule has 1 fully saturated rings. The molecule has 6 aromatic rings.